The second-order valence-corrected chi connectivity index (χ2v) is 9.82. The van der Waals surface area contributed by atoms with E-state index in [-0.39, 0.29) is 11.9 Å². The van der Waals surface area contributed by atoms with Gasteiger partial charge in [-0.2, -0.15) is 0 Å². The summed E-state index contributed by atoms with van der Waals surface area (Å²) in [5.41, 5.74) is 4.50. The Morgan fingerprint density at radius 3 is 2.52 bits per heavy atom. The highest BCUT2D eigenvalue weighted by Gasteiger charge is 2.28. The van der Waals surface area contributed by atoms with E-state index in [2.05, 4.69) is 61.0 Å². The van der Waals surface area contributed by atoms with E-state index in [0.29, 0.717) is 18.2 Å². The van der Waals surface area contributed by atoms with Crippen molar-refractivity contribution in [3.05, 3.63) is 69.7 Å². The highest BCUT2D eigenvalue weighted by atomic mass is 35.5. The molecule has 0 bridgehead atoms. The first-order valence-electron chi connectivity index (χ1n) is 10.5. The molecule has 2 aromatic heterocycles. The topological polar surface area (TPSA) is 36.4 Å². The Morgan fingerprint density at radius 1 is 1.03 bits per heavy atom. The number of anilines is 1. The van der Waals surface area contributed by atoms with Crippen molar-refractivity contribution in [3.8, 4) is 0 Å². The van der Waals surface area contributed by atoms with Crippen LogP contribution >= 0.6 is 22.9 Å². The summed E-state index contributed by atoms with van der Waals surface area (Å²) in [6, 6.07) is 16.9. The fraction of sp³-hybridized carbons (Fsp3) is 0.280. The molecule has 0 N–H and O–H groups in total. The van der Waals surface area contributed by atoms with Crippen molar-refractivity contribution in [3.63, 3.8) is 0 Å². The standard InChI is InChI=1S/C25H24ClN3OS/c1-15-4-7-18(8-5-15)29-11-10-28(14-17(29)3)25(30)22-13-20-23(31-22)19-12-16(2)6-9-21(19)27-24(20)26/h4-9,12-13,17H,10-11,14H2,1-3H3/t17-/m0/s1. The summed E-state index contributed by atoms with van der Waals surface area (Å²) < 4.78 is 1.04. The quantitative estimate of drug-likeness (QED) is 0.348. The van der Waals surface area contributed by atoms with Gasteiger partial charge in [0.2, 0.25) is 0 Å². The Bertz CT molecular complexity index is 1300. The zero-order valence-electron chi connectivity index (χ0n) is 17.9. The summed E-state index contributed by atoms with van der Waals surface area (Å²) in [6.45, 7) is 8.58. The Labute approximate surface area is 191 Å². The molecule has 0 aliphatic carbocycles. The van der Waals surface area contributed by atoms with Gasteiger partial charge in [-0.15, -0.1) is 11.3 Å². The van der Waals surface area contributed by atoms with E-state index in [0.717, 1.165) is 32.4 Å². The normalized spacial score (nSPS) is 17.0. The van der Waals surface area contributed by atoms with Crippen molar-refractivity contribution in [2.75, 3.05) is 24.5 Å². The number of pyridine rings is 1. The first-order chi connectivity index (χ1) is 14.9. The van der Waals surface area contributed by atoms with E-state index in [1.54, 1.807) is 0 Å². The average molecular weight is 450 g/mol. The maximum Gasteiger partial charge on any atom is 0.264 e. The smallest absolute Gasteiger partial charge is 0.264 e. The Kier molecular flexibility index (Phi) is 5.11. The maximum absolute atomic E-state index is 13.4. The number of halogens is 1. The van der Waals surface area contributed by atoms with Gasteiger partial charge in [0.1, 0.15) is 5.15 Å². The molecule has 1 atom stereocenters. The van der Waals surface area contributed by atoms with Crippen molar-refractivity contribution in [2.24, 2.45) is 0 Å². The molecule has 0 spiro atoms. The van der Waals surface area contributed by atoms with Gasteiger partial charge in [-0.25, -0.2) is 4.98 Å². The van der Waals surface area contributed by atoms with Gasteiger partial charge in [-0.05, 0) is 51.1 Å². The second kappa shape index (κ2) is 7.81. The molecule has 5 rings (SSSR count). The fourth-order valence-electron chi connectivity index (χ4n) is 4.36. The van der Waals surface area contributed by atoms with Crippen LogP contribution in [0.3, 0.4) is 0 Å². The van der Waals surface area contributed by atoms with Gasteiger partial charge in [0.15, 0.2) is 0 Å². The van der Waals surface area contributed by atoms with Crippen LogP contribution in [0.15, 0.2) is 48.5 Å². The molecule has 0 saturated carbocycles. The van der Waals surface area contributed by atoms with Crippen LogP contribution in [0.4, 0.5) is 5.69 Å². The lowest BCUT2D eigenvalue weighted by Crippen LogP contribution is -2.53. The molecule has 4 nitrogen and oxygen atoms in total. The summed E-state index contributed by atoms with van der Waals surface area (Å²) in [5.74, 6) is 0.0773. The third kappa shape index (κ3) is 3.66. The monoisotopic (exact) mass is 449 g/mol. The summed E-state index contributed by atoms with van der Waals surface area (Å²) in [7, 11) is 0. The molecule has 31 heavy (non-hydrogen) atoms. The maximum atomic E-state index is 13.4. The van der Waals surface area contributed by atoms with E-state index in [9.17, 15) is 4.79 Å². The molecular weight excluding hydrogens is 426 g/mol. The Balaban J connectivity index is 1.43. The minimum Gasteiger partial charge on any atom is -0.365 e. The molecule has 1 amide bonds. The van der Waals surface area contributed by atoms with Crippen molar-refractivity contribution >= 4 is 55.5 Å². The third-order valence-corrected chi connectivity index (χ3v) is 7.51. The molecule has 1 fully saturated rings. The van der Waals surface area contributed by atoms with Crippen LogP contribution in [0.1, 0.15) is 27.7 Å². The molecule has 6 heteroatoms. The molecule has 1 aliphatic rings. The lowest BCUT2D eigenvalue weighted by Gasteiger charge is -2.41. The van der Waals surface area contributed by atoms with Crippen molar-refractivity contribution in [2.45, 2.75) is 26.8 Å². The molecule has 1 saturated heterocycles. The molecule has 158 valence electrons. The molecule has 0 unspecified atom stereocenters. The van der Waals surface area contributed by atoms with E-state index in [1.165, 1.54) is 28.2 Å². The number of hydrogen-bond donors (Lipinski definition) is 0. The van der Waals surface area contributed by atoms with Crippen LogP contribution in [0.2, 0.25) is 5.15 Å². The van der Waals surface area contributed by atoms with Crippen LogP contribution in [-0.4, -0.2) is 41.5 Å². The number of aryl methyl sites for hydroxylation is 2. The zero-order valence-corrected chi connectivity index (χ0v) is 19.4. The van der Waals surface area contributed by atoms with Crippen LogP contribution in [0.5, 0.6) is 0 Å². The lowest BCUT2D eigenvalue weighted by atomic mass is 10.1. The minimum absolute atomic E-state index is 0.0773. The van der Waals surface area contributed by atoms with Crippen molar-refractivity contribution < 1.29 is 4.79 Å². The van der Waals surface area contributed by atoms with Gasteiger partial charge in [0.25, 0.3) is 5.91 Å². The number of rotatable bonds is 2. The Hall–Kier alpha value is -2.63. The summed E-state index contributed by atoms with van der Waals surface area (Å²) in [6.07, 6.45) is 0. The fourth-order valence-corrected chi connectivity index (χ4v) is 5.81. The van der Waals surface area contributed by atoms with E-state index >= 15 is 0 Å². The number of amides is 1. The van der Waals surface area contributed by atoms with E-state index in [1.807, 2.05) is 23.1 Å². The number of thiophene rings is 1. The van der Waals surface area contributed by atoms with Gasteiger partial charge < -0.3 is 9.80 Å². The van der Waals surface area contributed by atoms with Crippen molar-refractivity contribution in [1.29, 1.82) is 0 Å². The molecule has 4 aromatic rings. The molecule has 3 heterocycles. The number of aromatic nitrogens is 1. The lowest BCUT2D eigenvalue weighted by molar-refractivity contribution is 0.0731. The number of hydrogen-bond acceptors (Lipinski definition) is 4. The van der Waals surface area contributed by atoms with Gasteiger partial charge in [-0.3, -0.25) is 4.79 Å². The number of carbonyl (C=O) groups is 1. The summed E-state index contributed by atoms with van der Waals surface area (Å²) in [5, 5.41) is 2.37. The Morgan fingerprint density at radius 2 is 1.77 bits per heavy atom. The summed E-state index contributed by atoms with van der Waals surface area (Å²) >= 11 is 7.99. The van der Waals surface area contributed by atoms with Gasteiger partial charge in [-0.1, -0.05) is 40.9 Å². The molecule has 2 aromatic carbocycles. The minimum atomic E-state index is 0.0773. The molecule has 1 aliphatic heterocycles. The number of benzene rings is 2. The van der Waals surface area contributed by atoms with E-state index < -0.39 is 0 Å². The first-order valence-corrected chi connectivity index (χ1v) is 11.7. The van der Waals surface area contributed by atoms with Crippen LogP contribution in [0, 0.1) is 13.8 Å². The van der Waals surface area contributed by atoms with Crippen molar-refractivity contribution in [1.82, 2.24) is 9.88 Å². The SMILES string of the molecule is Cc1ccc(N2CCN(C(=O)c3cc4c(Cl)nc5ccc(C)cc5c4s3)C[C@@H]2C)cc1. The van der Waals surface area contributed by atoms with Crippen LogP contribution in [0.25, 0.3) is 21.0 Å². The highest BCUT2D eigenvalue weighted by Crippen LogP contribution is 2.37. The third-order valence-electron chi connectivity index (χ3n) is 6.06. The number of piperazine rings is 1. The number of nitrogens with zero attached hydrogens (tertiary/aromatic N) is 3. The van der Waals surface area contributed by atoms with Crippen LogP contribution < -0.4 is 4.90 Å². The molecular formula is C25H24ClN3OS. The molecule has 0 radical (unpaired) electrons. The largest absolute Gasteiger partial charge is 0.365 e. The van der Waals surface area contributed by atoms with E-state index in [4.69, 9.17) is 11.6 Å². The van der Waals surface area contributed by atoms with Crippen LogP contribution in [-0.2, 0) is 0 Å². The zero-order chi connectivity index (χ0) is 21.7. The predicted octanol–water partition coefficient (Wildman–Crippen LogP) is 6.07. The summed E-state index contributed by atoms with van der Waals surface area (Å²) in [4.78, 5) is 23.0. The highest BCUT2D eigenvalue weighted by molar-refractivity contribution is 7.21. The number of fused-ring (bicyclic) bond motifs is 3. The number of carbonyl (C=O) groups excluding carboxylic acids is 1. The van der Waals surface area contributed by atoms with Gasteiger partial charge >= 0.3 is 0 Å². The predicted molar refractivity (Wildman–Crippen MR) is 131 cm³/mol. The first kappa shape index (κ1) is 20.3. The average Bonchev–Trinajstić information content (AvgIpc) is 3.21. The second-order valence-electron chi connectivity index (χ2n) is 8.41. The van der Waals surface area contributed by atoms with Gasteiger partial charge in [0.05, 0.1) is 10.4 Å². The van der Waals surface area contributed by atoms with Gasteiger partial charge in [0, 0.05) is 46.8 Å².